The molecule has 0 bridgehead atoms. The first-order valence-electron chi connectivity index (χ1n) is 5.65. The van der Waals surface area contributed by atoms with E-state index in [2.05, 4.69) is 0 Å². The molecule has 0 aromatic rings. The summed E-state index contributed by atoms with van der Waals surface area (Å²) in [6.45, 7) is 4.86. The molecule has 0 aliphatic carbocycles. The number of amides is 1. The lowest BCUT2D eigenvalue weighted by Gasteiger charge is -2.31. The molecule has 0 saturated carbocycles. The maximum absolute atomic E-state index is 11.5. The Kier molecular flexibility index (Phi) is 4.73. The van der Waals surface area contributed by atoms with Crippen molar-refractivity contribution in [2.45, 2.75) is 32.7 Å². The lowest BCUT2D eigenvalue weighted by Crippen LogP contribution is -2.49. The highest BCUT2D eigenvalue weighted by molar-refractivity contribution is 5.82. The van der Waals surface area contributed by atoms with Crippen molar-refractivity contribution >= 4 is 11.9 Å². The van der Waals surface area contributed by atoms with Gasteiger partial charge in [-0.1, -0.05) is 6.92 Å². The van der Waals surface area contributed by atoms with Gasteiger partial charge in [-0.3, -0.25) is 4.79 Å². The van der Waals surface area contributed by atoms with Crippen LogP contribution in [0.2, 0.25) is 0 Å². The number of carboxylic acids is 1. The van der Waals surface area contributed by atoms with E-state index in [0.717, 1.165) is 6.42 Å². The second kappa shape index (κ2) is 5.84. The molecule has 0 aromatic heterocycles. The van der Waals surface area contributed by atoms with E-state index >= 15 is 0 Å². The predicted molar refractivity (Wildman–Crippen MR) is 58.0 cm³/mol. The molecule has 0 spiro atoms. The Bertz CT molecular complexity index is 261. The van der Waals surface area contributed by atoms with Gasteiger partial charge in [-0.15, -0.1) is 0 Å². The van der Waals surface area contributed by atoms with Crippen LogP contribution in [0, 0.1) is 5.92 Å². The van der Waals surface area contributed by atoms with Crippen LogP contribution in [0.5, 0.6) is 0 Å². The maximum atomic E-state index is 11.5. The first-order chi connectivity index (χ1) is 7.57. The molecule has 2 unspecified atom stereocenters. The first kappa shape index (κ1) is 13.0. The van der Waals surface area contributed by atoms with Crippen LogP contribution in [-0.4, -0.2) is 47.7 Å². The minimum atomic E-state index is -0.931. The van der Waals surface area contributed by atoms with Crippen LogP contribution in [-0.2, 0) is 14.3 Å². The molecule has 0 aromatic carbocycles. The van der Waals surface area contributed by atoms with Crippen LogP contribution in [0.1, 0.15) is 26.7 Å². The van der Waals surface area contributed by atoms with Crippen molar-refractivity contribution in [3.8, 4) is 0 Å². The number of aliphatic carboxylic acids is 1. The molecule has 1 aliphatic rings. The summed E-state index contributed by atoms with van der Waals surface area (Å²) < 4.78 is 5.19. The smallest absolute Gasteiger partial charge is 0.326 e. The van der Waals surface area contributed by atoms with E-state index in [4.69, 9.17) is 4.74 Å². The van der Waals surface area contributed by atoms with E-state index in [1.165, 1.54) is 11.8 Å². The highest BCUT2D eigenvalue weighted by Gasteiger charge is 2.36. The monoisotopic (exact) mass is 229 g/mol. The molecule has 2 atom stereocenters. The molecular formula is C11H19NO4. The second-order valence-electron chi connectivity index (χ2n) is 4.12. The fourth-order valence-electron chi connectivity index (χ4n) is 2.12. The van der Waals surface area contributed by atoms with E-state index in [9.17, 15) is 14.7 Å². The number of carboxylic acid groups (broad SMARTS) is 1. The Balaban J connectivity index is 2.80. The molecule has 16 heavy (non-hydrogen) atoms. The van der Waals surface area contributed by atoms with E-state index < -0.39 is 12.0 Å². The van der Waals surface area contributed by atoms with Crippen LogP contribution in [0.3, 0.4) is 0 Å². The Morgan fingerprint density at radius 1 is 1.56 bits per heavy atom. The van der Waals surface area contributed by atoms with Gasteiger partial charge in [0, 0.05) is 26.0 Å². The minimum Gasteiger partial charge on any atom is -0.480 e. The highest BCUT2D eigenvalue weighted by Crippen LogP contribution is 2.22. The minimum absolute atomic E-state index is 0.0760. The van der Waals surface area contributed by atoms with Crippen LogP contribution in [0.4, 0.5) is 0 Å². The van der Waals surface area contributed by atoms with Gasteiger partial charge >= 0.3 is 5.97 Å². The van der Waals surface area contributed by atoms with Crippen LogP contribution in [0.15, 0.2) is 0 Å². The van der Waals surface area contributed by atoms with E-state index in [1.54, 1.807) is 0 Å². The van der Waals surface area contributed by atoms with Crippen LogP contribution in [0.25, 0.3) is 0 Å². The SMILES string of the molecule is CCCN(C(C)=O)C(C(=O)O)C1CCOC1. The summed E-state index contributed by atoms with van der Waals surface area (Å²) in [5.74, 6) is -1.19. The van der Waals surface area contributed by atoms with Crippen molar-refractivity contribution < 1.29 is 19.4 Å². The molecule has 1 heterocycles. The summed E-state index contributed by atoms with van der Waals surface area (Å²) in [7, 11) is 0. The average molecular weight is 229 g/mol. The average Bonchev–Trinajstić information content (AvgIpc) is 2.69. The largest absolute Gasteiger partial charge is 0.480 e. The zero-order valence-electron chi connectivity index (χ0n) is 9.81. The maximum Gasteiger partial charge on any atom is 0.326 e. The van der Waals surface area contributed by atoms with Crippen molar-refractivity contribution in [1.29, 1.82) is 0 Å². The third-order valence-electron chi connectivity index (χ3n) is 2.87. The Morgan fingerprint density at radius 3 is 2.62 bits per heavy atom. The van der Waals surface area contributed by atoms with Crippen molar-refractivity contribution in [2.24, 2.45) is 5.92 Å². The third-order valence-corrected chi connectivity index (χ3v) is 2.87. The number of hydrogen-bond donors (Lipinski definition) is 1. The third kappa shape index (κ3) is 2.95. The lowest BCUT2D eigenvalue weighted by atomic mass is 9.97. The van der Waals surface area contributed by atoms with Gasteiger partial charge in [-0.2, -0.15) is 0 Å². The van der Waals surface area contributed by atoms with Crippen LogP contribution >= 0.6 is 0 Å². The van der Waals surface area contributed by atoms with Gasteiger partial charge in [0.25, 0.3) is 0 Å². The molecular weight excluding hydrogens is 210 g/mol. The van der Waals surface area contributed by atoms with Gasteiger partial charge in [-0.25, -0.2) is 4.79 Å². The normalized spacial score (nSPS) is 21.8. The number of carbonyl (C=O) groups excluding carboxylic acids is 1. The fraction of sp³-hybridized carbons (Fsp3) is 0.818. The zero-order valence-corrected chi connectivity index (χ0v) is 9.81. The number of ether oxygens (including phenoxy) is 1. The molecule has 0 radical (unpaired) electrons. The Labute approximate surface area is 95.4 Å². The standard InChI is InChI=1S/C11H19NO4/c1-3-5-12(8(2)13)10(11(14)15)9-4-6-16-7-9/h9-10H,3-7H2,1-2H3,(H,14,15). The fourth-order valence-corrected chi connectivity index (χ4v) is 2.12. The number of hydrogen-bond acceptors (Lipinski definition) is 3. The molecule has 1 saturated heterocycles. The summed E-state index contributed by atoms with van der Waals surface area (Å²) >= 11 is 0. The van der Waals surface area contributed by atoms with Crippen molar-refractivity contribution in [2.75, 3.05) is 19.8 Å². The molecule has 1 aliphatic heterocycles. The molecule has 5 nitrogen and oxygen atoms in total. The molecule has 1 rings (SSSR count). The van der Waals surface area contributed by atoms with Crippen molar-refractivity contribution in [1.82, 2.24) is 4.90 Å². The van der Waals surface area contributed by atoms with E-state index in [1.807, 2.05) is 6.92 Å². The molecule has 1 fully saturated rings. The second-order valence-corrected chi connectivity index (χ2v) is 4.12. The summed E-state index contributed by atoms with van der Waals surface area (Å²) in [5.41, 5.74) is 0. The van der Waals surface area contributed by atoms with Gasteiger partial charge in [0.1, 0.15) is 6.04 Å². The first-order valence-corrected chi connectivity index (χ1v) is 5.65. The summed E-state index contributed by atoms with van der Waals surface area (Å²) in [6, 6.07) is -0.736. The molecule has 92 valence electrons. The zero-order chi connectivity index (χ0) is 12.1. The van der Waals surface area contributed by atoms with Crippen LogP contribution < -0.4 is 0 Å². The molecule has 5 heteroatoms. The molecule has 1 N–H and O–H groups in total. The summed E-state index contributed by atoms with van der Waals surface area (Å²) in [4.78, 5) is 24.2. The van der Waals surface area contributed by atoms with Gasteiger partial charge < -0.3 is 14.7 Å². The summed E-state index contributed by atoms with van der Waals surface area (Å²) in [5, 5.41) is 9.23. The Hall–Kier alpha value is -1.10. The van der Waals surface area contributed by atoms with Crippen molar-refractivity contribution in [3.05, 3.63) is 0 Å². The topological polar surface area (TPSA) is 66.8 Å². The quantitative estimate of drug-likeness (QED) is 0.755. The van der Waals surface area contributed by atoms with Gasteiger partial charge in [0.15, 0.2) is 0 Å². The lowest BCUT2D eigenvalue weighted by molar-refractivity contribution is -0.152. The highest BCUT2D eigenvalue weighted by atomic mass is 16.5. The van der Waals surface area contributed by atoms with Gasteiger partial charge in [0.2, 0.25) is 5.91 Å². The van der Waals surface area contributed by atoms with E-state index in [-0.39, 0.29) is 11.8 Å². The van der Waals surface area contributed by atoms with Gasteiger partial charge in [-0.05, 0) is 12.8 Å². The predicted octanol–water partition coefficient (Wildman–Crippen LogP) is 0.735. The van der Waals surface area contributed by atoms with Gasteiger partial charge in [0.05, 0.1) is 6.61 Å². The number of carbonyl (C=O) groups is 2. The number of rotatable bonds is 5. The summed E-state index contributed by atoms with van der Waals surface area (Å²) in [6.07, 6.45) is 1.47. The molecule has 1 amide bonds. The number of nitrogens with zero attached hydrogens (tertiary/aromatic N) is 1. The van der Waals surface area contributed by atoms with Crippen molar-refractivity contribution in [3.63, 3.8) is 0 Å². The van der Waals surface area contributed by atoms with E-state index in [0.29, 0.717) is 26.2 Å². The Morgan fingerprint density at radius 2 is 2.25 bits per heavy atom.